The maximum atomic E-state index is 13.1. The molecule has 0 aliphatic rings. The first-order valence-electron chi connectivity index (χ1n) is 10.6. The molecule has 2 aromatic heterocycles. The number of fused-ring (bicyclic) bond motifs is 1. The van der Waals surface area contributed by atoms with Crippen molar-refractivity contribution in [2.75, 3.05) is 0 Å². The molecule has 0 saturated carbocycles. The molecule has 0 amide bonds. The molecule has 2 aromatic carbocycles. The van der Waals surface area contributed by atoms with Crippen LogP contribution in [0, 0.1) is 0 Å². The second kappa shape index (κ2) is 9.28. The lowest BCUT2D eigenvalue weighted by Gasteiger charge is -2.29. The molecule has 4 rings (SSSR count). The Labute approximate surface area is 191 Å². The van der Waals surface area contributed by atoms with E-state index in [0.717, 1.165) is 39.2 Å². The first-order valence-corrected chi connectivity index (χ1v) is 11.7. The van der Waals surface area contributed by atoms with Crippen LogP contribution in [-0.2, 0) is 17.8 Å². The van der Waals surface area contributed by atoms with Crippen molar-refractivity contribution in [1.29, 1.82) is 0 Å². The number of benzene rings is 2. The molecule has 1 N–H and O–H groups in total. The third-order valence-electron chi connectivity index (χ3n) is 5.22. The molecule has 0 aliphatic heterocycles. The Morgan fingerprint density at radius 1 is 1.06 bits per heavy atom. The van der Waals surface area contributed by atoms with Gasteiger partial charge in [0.25, 0.3) is 0 Å². The number of nitrogens with one attached hydrogen (secondary N) is 1. The van der Waals surface area contributed by atoms with Gasteiger partial charge in [-0.15, -0.1) is 4.72 Å². The van der Waals surface area contributed by atoms with Crippen LogP contribution in [0.5, 0.6) is 0 Å². The number of para-hydroxylation sites is 1. The summed E-state index contributed by atoms with van der Waals surface area (Å²) in [6.45, 7) is 9.70. The molecule has 0 aliphatic carbocycles. The highest BCUT2D eigenvalue weighted by Gasteiger charge is 2.31. The molecule has 0 fully saturated rings. The summed E-state index contributed by atoms with van der Waals surface area (Å²) in [7, 11) is 0. The van der Waals surface area contributed by atoms with Gasteiger partial charge in [0.1, 0.15) is 10.4 Å². The standard InChI is InChI=1S/C26H27N3O2S/c1-5-18-11-10-12-19(27-18)17-23(29-32(30)26(2,3)4)20-13-6-7-14-21(20)25-22-15-8-9-16-24(22)31-28-25/h5-16,23,29H,1,17H2,2-4H3. The predicted molar refractivity (Wildman–Crippen MR) is 131 cm³/mol. The van der Waals surface area contributed by atoms with Crippen LogP contribution >= 0.6 is 0 Å². The highest BCUT2D eigenvalue weighted by atomic mass is 32.2. The van der Waals surface area contributed by atoms with Crippen LogP contribution in [0.1, 0.15) is 43.8 Å². The highest BCUT2D eigenvalue weighted by molar-refractivity contribution is 7.90. The quantitative estimate of drug-likeness (QED) is 0.360. The Kier molecular flexibility index (Phi) is 6.46. The summed E-state index contributed by atoms with van der Waals surface area (Å²) in [5.74, 6) is 0. The van der Waals surface area contributed by atoms with Gasteiger partial charge in [-0.05, 0) is 56.7 Å². The van der Waals surface area contributed by atoms with Crippen molar-refractivity contribution >= 4 is 28.4 Å². The zero-order chi connectivity index (χ0) is 22.7. The molecule has 164 valence electrons. The number of rotatable bonds is 7. The van der Waals surface area contributed by atoms with Crippen LogP contribution in [0.25, 0.3) is 28.3 Å². The van der Waals surface area contributed by atoms with Gasteiger partial charge in [0, 0.05) is 34.4 Å². The normalized spacial score (nSPS) is 13.8. The lowest BCUT2D eigenvalue weighted by Crippen LogP contribution is -2.42. The van der Waals surface area contributed by atoms with Crippen LogP contribution < -0.4 is 4.72 Å². The maximum Gasteiger partial charge on any atom is 0.167 e. The first kappa shape index (κ1) is 22.3. The predicted octanol–water partition coefficient (Wildman–Crippen LogP) is 5.87. The fraction of sp³-hybridized carbons (Fsp3) is 0.231. The molecule has 2 heterocycles. The fourth-order valence-electron chi connectivity index (χ4n) is 3.55. The number of nitrogens with zero attached hydrogens (tertiary/aromatic N) is 2. The van der Waals surface area contributed by atoms with Gasteiger partial charge in [0.15, 0.2) is 5.58 Å². The van der Waals surface area contributed by atoms with E-state index in [0.29, 0.717) is 6.42 Å². The molecule has 6 heteroatoms. The van der Waals surface area contributed by atoms with Crippen molar-refractivity contribution in [3.8, 4) is 11.3 Å². The third kappa shape index (κ3) is 4.78. The van der Waals surface area contributed by atoms with Gasteiger partial charge in [-0.1, -0.05) is 54.2 Å². The minimum absolute atomic E-state index is 0.241. The summed E-state index contributed by atoms with van der Waals surface area (Å²) < 4.78 is 21.6. The SMILES string of the molecule is C=Cc1cccc(CC(N[S+]([O-])C(C)(C)C)c2ccccc2-c2noc3ccccc23)n1. The highest BCUT2D eigenvalue weighted by Crippen LogP contribution is 2.35. The largest absolute Gasteiger partial charge is 0.598 e. The molecule has 0 saturated heterocycles. The average Bonchev–Trinajstić information content (AvgIpc) is 3.22. The van der Waals surface area contributed by atoms with Crippen molar-refractivity contribution in [2.45, 2.75) is 38.0 Å². The molecule has 5 nitrogen and oxygen atoms in total. The van der Waals surface area contributed by atoms with Crippen molar-refractivity contribution in [1.82, 2.24) is 14.9 Å². The lowest BCUT2D eigenvalue weighted by molar-refractivity contribution is 0.459. The summed E-state index contributed by atoms with van der Waals surface area (Å²) in [5.41, 5.74) is 5.16. The van der Waals surface area contributed by atoms with Crippen LogP contribution in [0.4, 0.5) is 0 Å². The average molecular weight is 446 g/mol. The van der Waals surface area contributed by atoms with Crippen LogP contribution in [0.15, 0.2) is 77.8 Å². The third-order valence-corrected chi connectivity index (χ3v) is 6.84. The molecule has 32 heavy (non-hydrogen) atoms. The zero-order valence-corrected chi connectivity index (χ0v) is 19.4. The van der Waals surface area contributed by atoms with E-state index in [-0.39, 0.29) is 6.04 Å². The van der Waals surface area contributed by atoms with E-state index in [9.17, 15) is 4.55 Å². The van der Waals surface area contributed by atoms with Gasteiger partial charge in [0.05, 0.1) is 11.7 Å². The van der Waals surface area contributed by atoms with Crippen molar-refractivity contribution in [3.05, 3.63) is 90.3 Å². The van der Waals surface area contributed by atoms with E-state index >= 15 is 0 Å². The van der Waals surface area contributed by atoms with E-state index in [1.165, 1.54) is 0 Å². The Bertz CT molecular complexity index is 1230. The first-order chi connectivity index (χ1) is 15.4. The molecular formula is C26H27N3O2S. The second-order valence-electron chi connectivity index (χ2n) is 8.63. The summed E-state index contributed by atoms with van der Waals surface area (Å²) in [6, 6.07) is 21.5. The molecule has 0 bridgehead atoms. The van der Waals surface area contributed by atoms with Crippen LogP contribution in [0.3, 0.4) is 0 Å². The lowest BCUT2D eigenvalue weighted by atomic mass is 9.94. The van der Waals surface area contributed by atoms with E-state index in [2.05, 4.69) is 21.4 Å². The number of pyridine rings is 1. The molecule has 2 unspecified atom stereocenters. The Hall–Kier alpha value is -2.93. The van der Waals surface area contributed by atoms with Gasteiger partial charge in [-0.3, -0.25) is 4.98 Å². The van der Waals surface area contributed by atoms with Crippen molar-refractivity contribution in [2.24, 2.45) is 0 Å². The zero-order valence-electron chi connectivity index (χ0n) is 18.5. The monoisotopic (exact) mass is 445 g/mol. The molecular weight excluding hydrogens is 418 g/mol. The van der Waals surface area contributed by atoms with Crippen LogP contribution in [0.2, 0.25) is 0 Å². The second-order valence-corrected chi connectivity index (χ2v) is 10.6. The number of hydrogen-bond acceptors (Lipinski definition) is 5. The Morgan fingerprint density at radius 2 is 1.81 bits per heavy atom. The molecule has 0 spiro atoms. The van der Waals surface area contributed by atoms with E-state index in [1.807, 2.05) is 87.5 Å². The number of hydrogen-bond donors (Lipinski definition) is 1. The summed E-state index contributed by atoms with van der Waals surface area (Å²) in [6.07, 6.45) is 2.30. The minimum Gasteiger partial charge on any atom is -0.598 e. The van der Waals surface area contributed by atoms with E-state index in [4.69, 9.17) is 4.52 Å². The summed E-state index contributed by atoms with van der Waals surface area (Å²) in [5, 5.41) is 5.31. The molecule has 2 atom stereocenters. The number of aromatic nitrogens is 2. The molecule has 0 radical (unpaired) electrons. The van der Waals surface area contributed by atoms with Gasteiger partial charge >= 0.3 is 0 Å². The Balaban J connectivity index is 1.79. The molecule has 4 aromatic rings. The van der Waals surface area contributed by atoms with E-state index in [1.54, 1.807) is 6.08 Å². The van der Waals surface area contributed by atoms with E-state index < -0.39 is 16.1 Å². The van der Waals surface area contributed by atoms with Crippen LogP contribution in [-0.4, -0.2) is 19.4 Å². The summed E-state index contributed by atoms with van der Waals surface area (Å²) in [4.78, 5) is 4.68. The summed E-state index contributed by atoms with van der Waals surface area (Å²) >= 11 is -1.27. The minimum atomic E-state index is -1.27. The maximum absolute atomic E-state index is 13.1. The Morgan fingerprint density at radius 3 is 2.59 bits per heavy atom. The van der Waals surface area contributed by atoms with Crippen molar-refractivity contribution < 1.29 is 9.08 Å². The topological polar surface area (TPSA) is 74.0 Å². The van der Waals surface area contributed by atoms with Gasteiger partial charge in [-0.2, -0.15) is 0 Å². The van der Waals surface area contributed by atoms with Crippen molar-refractivity contribution in [3.63, 3.8) is 0 Å². The van der Waals surface area contributed by atoms with Gasteiger partial charge in [0.2, 0.25) is 0 Å². The smallest absolute Gasteiger partial charge is 0.167 e. The van der Waals surface area contributed by atoms with Gasteiger partial charge in [-0.25, -0.2) is 0 Å². The fourth-order valence-corrected chi connectivity index (χ4v) is 4.37. The van der Waals surface area contributed by atoms with Gasteiger partial charge < -0.3 is 9.08 Å².